The summed E-state index contributed by atoms with van der Waals surface area (Å²) in [5.74, 6) is 0. The van der Waals surface area contributed by atoms with E-state index in [9.17, 15) is 5.11 Å². The van der Waals surface area contributed by atoms with E-state index >= 15 is 0 Å². The summed E-state index contributed by atoms with van der Waals surface area (Å²) in [6.45, 7) is 1.93. The van der Waals surface area contributed by atoms with Crippen LogP contribution in [0.1, 0.15) is 31.7 Å². The molecule has 76 valence electrons. The highest BCUT2D eigenvalue weighted by Gasteiger charge is 2.45. The Labute approximate surface area is 85.8 Å². The highest BCUT2D eigenvalue weighted by atomic mass is 16.3. The van der Waals surface area contributed by atoms with Gasteiger partial charge in [-0.05, 0) is 43.6 Å². The van der Waals surface area contributed by atoms with Crippen LogP contribution < -0.4 is 0 Å². The largest absolute Gasteiger partial charge is 0.393 e. The standard InChI is InChI=1S/C13H18O/c1-11(14)13(9-10-13)8-7-12-5-3-2-4-6-12/h2-6,11,14H,7-10H2,1H3. The predicted octanol–water partition coefficient (Wildman–Crippen LogP) is 2.78. The predicted molar refractivity (Wildman–Crippen MR) is 58.1 cm³/mol. The van der Waals surface area contributed by atoms with Crippen molar-refractivity contribution in [2.75, 3.05) is 0 Å². The molecule has 1 nitrogen and oxygen atoms in total. The molecule has 0 spiro atoms. The van der Waals surface area contributed by atoms with E-state index in [4.69, 9.17) is 0 Å². The van der Waals surface area contributed by atoms with E-state index < -0.39 is 0 Å². The van der Waals surface area contributed by atoms with E-state index in [-0.39, 0.29) is 11.5 Å². The quantitative estimate of drug-likeness (QED) is 0.774. The van der Waals surface area contributed by atoms with Crippen LogP contribution in [-0.4, -0.2) is 11.2 Å². The maximum atomic E-state index is 9.62. The molecule has 1 fully saturated rings. The van der Waals surface area contributed by atoms with Crippen LogP contribution in [0.15, 0.2) is 30.3 Å². The summed E-state index contributed by atoms with van der Waals surface area (Å²) >= 11 is 0. The van der Waals surface area contributed by atoms with Gasteiger partial charge in [-0.15, -0.1) is 0 Å². The minimum atomic E-state index is -0.133. The highest BCUT2D eigenvalue weighted by molar-refractivity contribution is 5.15. The van der Waals surface area contributed by atoms with Gasteiger partial charge in [0.15, 0.2) is 0 Å². The van der Waals surface area contributed by atoms with Crippen molar-refractivity contribution in [2.24, 2.45) is 5.41 Å². The van der Waals surface area contributed by atoms with Gasteiger partial charge >= 0.3 is 0 Å². The van der Waals surface area contributed by atoms with E-state index in [2.05, 4.69) is 24.3 Å². The summed E-state index contributed by atoms with van der Waals surface area (Å²) < 4.78 is 0. The first kappa shape index (κ1) is 9.72. The molecule has 1 N–H and O–H groups in total. The second kappa shape index (κ2) is 3.74. The van der Waals surface area contributed by atoms with Crippen LogP contribution in [0.5, 0.6) is 0 Å². The van der Waals surface area contributed by atoms with Crippen LogP contribution in [0.25, 0.3) is 0 Å². The van der Waals surface area contributed by atoms with E-state index in [1.165, 1.54) is 18.4 Å². The Morgan fingerprint density at radius 3 is 2.43 bits per heavy atom. The topological polar surface area (TPSA) is 20.2 Å². The molecule has 1 saturated carbocycles. The zero-order chi connectivity index (χ0) is 10.0. The fraction of sp³-hybridized carbons (Fsp3) is 0.538. The highest BCUT2D eigenvalue weighted by Crippen LogP contribution is 2.52. The Bertz CT molecular complexity index is 285. The maximum absolute atomic E-state index is 9.62. The number of benzene rings is 1. The van der Waals surface area contributed by atoms with Crippen molar-refractivity contribution >= 4 is 0 Å². The van der Waals surface area contributed by atoms with E-state index in [0.29, 0.717) is 0 Å². The summed E-state index contributed by atoms with van der Waals surface area (Å²) in [7, 11) is 0. The second-order valence-corrected chi connectivity index (χ2v) is 4.52. The maximum Gasteiger partial charge on any atom is 0.0568 e. The lowest BCUT2D eigenvalue weighted by atomic mass is 9.92. The van der Waals surface area contributed by atoms with Gasteiger partial charge in [-0.25, -0.2) is 0 Å². The number of aliphatic hydroxyl groups excluding tert-OH is 1. The first-order chi connectivity index (χ1) is 6.73. The van der Waals surface area contributed by atoms with Crippen LogP contribution in [0.3, 0.4) is 0 Å². The molecule has 1 aromatic carbocycles. The second-order valence-electron chi connectivity index (χ2n) is 4.52. The third kappa shape index (κ3) is 1.98. The Balaban J connectivity index is 1.89. The summed E-state index contributed by atoms with van der Waals surface area (Å²) in [5, 5.41) is 9.62. The Morgan fingerprint density at radius 2 is 1.93 bits per heavy atom. The lowest BCUT2D eigenvalue weighted by molar-refractivity contribution is 0.105. The SMILES string of the molecule is CC(O)C1(CCc2ccccc2)CC1. The van der Waals surface area contributed by atoms with Crippen molar-refractivity contribution in [1.29, 1.82) is 0 Å². The minimum absolute atomic E-state index is 0.133. The van der Waals surface area contributed by atoms with Crippen molar-refractivity contribution < 1.29 is 5.11 Å². The average Bonchev–Trinajstić information content (AvgIpc) is 2.97. The van der Waals surface area contributed by atoms with Crippen molar-refractivity contribution in [1.82, 2.24) is 0 Å². The van der Waals surface area contributed by atoms with Gasteiger partial charge in [0.1, 0.15) is 0 Å². The normalized spacial score (nSPS) is 20.4. The van der Waals surface area contributed by atoms with Gasteiger partial charge in [0.25, 0.3) is 0 Å². The van der Waals surface area contributed by atoms with Crippen LogP contribution in [0.2, 0.25) is 0 Å². The van der Waals surface area contributed by atoms with Crippen molar-refractivity contribution in [3.05, 3.63) is 35.9 Å². The molecule has 0 aliphatic heterocycles. The number of rotatable bonds is 4. The first-order valence-corrected chi connectivity index (χ1v) is 5.45. The van der Waals surface area contributed by atoms with Gasteiger partial charge in [-0.2, -0.15) is 0 Å². The Morgan fingerprint density at radius 1 is 1.29 bits per heavy atom. The number of aliphatic hydroxyl groups is 1. The molecule has 1 aliphatic rings. The summed E-state index contributed by atoms with van der Waals surface area (Å²) in [6, 6.07) is 10.5. The van der Waals surface area contributed by atoms with E-state index in [0.717, 1.165) is 12.8 Å². The lowest BCUT2D eigenvalue weighted by Crippen LogP contribution is -2.18. The molecular formula is C13H18O. The molecule has 1 aromatic rings. The molecule has 0 heterocycles. The molecule has 14 heavy (non-hydrogen) atoms. The van der Waals surface area contributed by atoms with Gasteiger partial charge in [0, 0.05) is 0 Å². The van der Waals surface area contributed by atoms with Crippen molar-refractivity contribution in [2.45, 2.75) is 38.7 Å². The summed E-state index contributed by atoms with van der Waals surface area (Å²) in [6.07, 6.45) is 4.52. The number of hydrogen-bond donors (Lipinski definition) is 1. The van der Waals surface area contributed by atoms with E-state index in [1.54, 1.807) is 0 Å². The first-order valence-electron chi connectivity index (χ1n) is 5.45. The molecule has 1 atom stereocenters. The molecule has 0 bridgehead atoms. The molecular weight excluding hydrogens is 172 g/mol. The smallest absolute Gasteiger partial charge is 0.0568 e. The van der Waals surface area contributed by atoms with Gasteiger partial charge in [-0.3, -0.25) is 0 Å². The van der Waals surface area contributed by atoms with Gasteiger partial charge in [-0.1, -0.05) is 30.3 Å². The zero-order valence-electron chi connectivity index (χ0n) is 8.74. The van der Waals surface area contributed by atoms with E-state index in [1.807, 2.05) is 13.0 Å². The summed E-state index contributed by atoms with van der Waals surface area (Å²) in [5.41, 5.74) is 1.65. The van der Waals surface area contributed by atoms with Crippen LogP contribution in [0, 0.1) is 5.41 Å². The molecule has 0 radical (unpaired) electrons. The van der Waals surface area contributed by atoms with Gasteiger partial charge < -0.3 is 5.11 Å². The van der Waals surface area contributed by atoms with Gasteiger partial charge in [0.2, 0.25) is 0 Å². The monoisotopic (exact) mass is 190 g/mol. The molecule has 1 unspecified atom stereocenters. The minimum Gasteiger partial charge on any atom is -0.393 e. The molecule has 0 aromatic heterocycles. The Hall–Kier alpha value is -0.820. The van der Waals surface area contributed by atoms with Crippen LogP contribution in [-0.2, 0) is 6.42 Å². The third-order valence-electron chi connectivity index (χ3n) is 3.53. The fourth-order valence-electron chi connectivity index (χ4n) is 2.08. The van der Waals surface area contributed by atoms with Gasteiger partial charge in [0.05, 0.1) is 6.10 Å². The van der Waals surface area contributed by atoms with Crippen molar-refractivity contribution in [3.63, 3.8) is 0 Å². The molecule has 1 aliphatic carbocycles. The third-order valence-corrected chi connectivity index (χ3v) is 3.53. The number of hydrogen-bond acceptors (Lipinski definition) is 1. The fourth-order valence-corrected chi connectivity index (χ4v) is 2.08. The average molecular weight is 190 g/mol. The van der Waals surface area contributed by atoms with Crippen LogP contribution >= 0.6 is 0 Å². The molecule has 0 saturated heterocycles. The van der Waals surface area contributed by atoms with Crippen LogP contribution in [0.4, 0.5) is 0 Å². The lowest BCUT2D eigenvalue weighted by Gasteiger charge is -2.18. The zero-order valence-corrected chi connectivity index (χ0v) is 8.74. The molecule has 2 rings (SSSR count). The Kier molecular flexibility index (Phi) is 2.60. The number of aryl methyl sites for hydroxylation is 1. The summed E-state index contributed by atoms with van der Waals surface area (Å²) in [4.78, 5) is 0. The van der Waals surface area contributed by atoms with Crippen molar-refractivity contribution in [3.8, 4) is 0 Å². The molecule has 1 heteroatoms. The molecule has 0 amide bonds.